The number of nitrogens with one attached hydrogen (secondary N) is 2. The molecule has 0 aliphatic carbocycles. The molecule has 86 valence electrons. The Morgan fingerprint density at radius 1 is 1.75 bits per heavy atom. The molecule has 0 aliphatic rings. The van der Waals surface area contributed by atoms with Crippen LogP contribution in [0.15, 0.2) is 33.9 Å². The standard InChI is InChI=1S/C10H12BrFN4/c1-2-9(16-13)6-14-4-7-3-8(12)5-15-10(7)11/h3,5-6,13-14H,2,4H2,1H3/b9-6-,16-13?. The van der Waals surface area contributed by atoms with Crippen molar-refractivity contribution in [2.45, 2.75) is 19.9 Å². The molecule has 1 aromatic heterocycles. The van der Waals surface area contributed by atoms with Gasteiger partial charge in [0.2, 0.25) is 0 Å². The second kappa shape index (κ2) is 6.32. The van der Waals surface area contributed by atoms with Crippen LogP contribution >= 0.6 is 15.9 Å². The Morgan fingerprint density at radius 3 is 3.12 bits per heavy atom. The first-order valence-corrected chi connectivity index (χ1v) is 5.56. The number of aromatic nitrogens is 1. The molecule has 6 heteroatoms. The Labute approximate surface area is 102 Å². The number of nitrogens with zero attached hydrogens (tertiary/aromatic N) is 2. The van der Waals surface area contributed by atoms with Crippen molar-refractivity contribution in [1.82, 2.24) is 10.3 Å². The van der Waals surface area contributed by atoms with Crippen LogP contribution in [0.4, 0.5) is 4.39 Å². The molecule has 0 fully saturated rings. The first-order chi connectivity index (χ1) is 7.67. The summed E-state index contributed by atoms with van der Waals surface area (Å²) in [6.07, 6.45) is 3.48. The molecular formula is C10H12BrFN4. The van der Waals surface area contributed by atoms with Crippen molar-refractivity contribution in [2.75, 3.05) is 0 Å². The fourth-order valence-electron chi connectivity index (χ4n) is 1.08. The molecule has 1 aromatic rings. The maximum atomic E-state index is 12.9. The maximum absolute atomic E-state index is 12.9. The summed E-state index contributed by atoms with van der Waals surface area (Å²) in [6.45, 7) is 2.34. The fourth-order valence-corrected chi connectivity index (χ4v) is 1.44. The Morgan fingerprint density at radius 2 is 2.50 bits per heavy atom. The molecular weight excluding hydrogens is 275 g/mol. The van der Waals surface area contributed by atoms with Crippen LogP contribution in [0.5, 0.6) is 0 Å². The second-order valence-corrected chi connectivity index (χ2v) is 3.84. The molecule has 2 N–H and O–H groups in total. The van der Waals surface area contributed by atoms with Crippen molar-refractivity contribution in [3.63, 3.8) is 0 Å². The van der Waals surface area contributed by atoms with E-state index in [0.717, 1.165) is 11.8 Å². The minimum Gasteiger partial charge on any atom is -0.385 e. The third-order valence-electron chi connectivity index (χ3n) is 1.95. The minimum absolute atomic E-state index is 0.370. The summed E-state index contributed by atoms with van der Waals surface area (Å²) in [7, 11) is 0. The van der Waals surface area contributed by atoms with Crippen molar-refractivity contribution in [2.24, 2.45) is 5.11 Å². The van der Waals surface area contributed by atoms with Crippen LogP contribution in [0.1, 0.15) is 18.9 Å². The third-order valence-corrected chi connectivity index (χ3v) is 2.66. The van der Waals surface area contributed by atoms with Gasteiger partial charge in [0.15, 0.2) is 0 Å². The third kappa shape index (κ3) is 3.69. The lowest BCUT2D eigenvalue weighted by atomic mass is 10.3. The smallest absolute Gasteiger partial charge is 0.141 e. The fraction of sp³-hybridized carbons (Fsp3) is 0.300. The number of hydrogen-bond acceptors (Lipinski definition) is 4. The van der Waals surface area contributed by atoms with Gasteiger partial charge in [-0.3, -0.25) is 0 Å². The van der Waals surface area contributed by atoms with Crippen molar-refractivity contribution in [3.05, 3.63) is 40.1 Å². The lowest BCUT2D eigenvalue weighted by molar-refractivity contribution is 0.616. The number of pyridine rings is 1. The zero-order chi connectivity index (χ0) is 12.0. The Kier molecular flexibility index (Phi) is 5.04. The van der Waals surface area contributed by atoms with Gasteiger partial charge in [-0.25, -0.2) is 14.9 Å². The van der Waals surface area contributed by atoms with E-state index in [1.807, 2.05) is 6.92 Å². The van der Waals surface area contributed by atoms with Gasteiger partial charge in [-0.1, -0.05) is 6.92 Å². The van der Waals surface area contributed by atoms with Crippen molar-refractivity contribution < 1.29 is 4.39 Å². The summed E-state index contributed by atoms with van der Waals surface area (Å²) in [5.74, 6) is -0.370. The van der Waals surface area contributed by atoms with Gasteiger partial charge in [0.1, 0.15) is 10.4 Å². The van der Waals surface area contributed by atoms with Crippen molar-refractivity contribution in [1.29, 1.82) is 5.53 Å². The number of allylic oxidation sites excluding steroid dienone is 1. The van der Waals surface area contributed by atoms with Gasteiger partial charge in [-0.2, -0.15) is 5.11 Å². The summed E-state index contributed by atoms with van der Waals surface area (Å²) < 4.78 is 13.5. The maximum Gasteiger partial charge on any atom is 0.141 e. The first kappa shape index (κ1) is 12.8. The van der Waals surface area contributed by atoms with E-state index in [0.29, 0.717) is 23.3 Å². The lowest BCUT2D eigenvalue weighted by Gasteiger charge is -2.04. The Bertz CT molecular complexity index is 406. The van der Waals surface area contributed by atoms with Crippen LogP contribution in [0.2, 0.25) is 0 Å². The summed E-state index contributed by atoms with van der Waals surface area (Å²) in [5, 5.41) is 6.28. The highest BCUT2D eigenvalue weighted by Gasteiger charge is 2.01. The first-order valence-electron chi connectivity index (χ1n) is 4.77. The topological polar surface area (TPSA) is 61.1 Å². The van der Waals surface area contributed by atoms with E-state index in [1.54, 1.807) is 6.20 Å². The average molecular weight is 287 g/mol. The molecule has 0 spiro atoms. The largest absolute Gasteiger partial charge is 0.385 e. The molecule has 0 bridgehead atoms. The molecule has 0 atom stereocenters. The zero-order valence-electron chi connectivity index (χ0n) is 8.80. The van der Waals surface area contributed by atoms with Crippen LogP contribution in [0.3, 0.4) is 0 Å². The molecule has 0 saturated carbocycles. The number of hydrogen-bond donors (Lipinski definition) is 2. The molecule has 4 nitrogen and oxygen atoms in total. The van der Waals surface area contributed by atoms with E-state index in [-0.39, 0.29) is 5.82 Å². The summed E-state index contributed by atoms with van der Waals surface area (Å²) in [4.78, 5) is 3.84. The van der Waals surface area contributed by atoms with E-state index < -0.39 is 0 Å². The van der Waals surface area contributed by atoms with Gasteiger partial charge < -0.3 is 5.32 Å². The molecule has 1 heterocycles. The van der Waals surface area contributed by atoms with Crippen LogP contribution in [-0.4, -0.2) is 4.98 Å². The van der Waals surface area contributed by atoms with Crippen LogP contribution < -0.4 is 5.32 Å². The van der Waals surface area contributed by atoms with Gasteiger partial charge in [-0.05, 0) is 28.4 Å². The van der Waals surface area contributed by atoms with Crippen molar-refractivity contribution in [3.8, 4) is 0 Å². The van der Waals surface area contributed by atoms with E-state index in [1.165, 1.54) is 6.07 Å². The van der Waals surface area contributed by atoms with Crippen LogP contribution in [-0.2, 0) is 6.54 Å². The van der Waals surface area contributed by atoms with E-state index >= 15 is 0 Å². The Hall–Kier alpha value is -1.30. The molecule has 16 heavy (non-hydrogen) atoms. The van der Waals surface area contributed by atoms with Gasteiger partial charge >= 0.3 is 0 Å². The average Bonchev–Trinajstić information content (AvgIpc) is 2.29. The number of halogens is 2. The molecule has 0 amide bonds. The molecule has 1 rings (SSSR count). The van der Waals surface area contributed by atoms with E-state index in [9.17, 15) is 4.39 Å². The highest BCUT2D eigenvalue weighted by molar-refractivity contribution is 9.10. The lowest BCUT2D eigenvalue weighted by Crippen LogP contribution is -2.07. The van der Waals surface area contributed by atoms with Gasteiger partial charge in [0.05, 0.1) is 11.9 Å². The molecule has 0 aliphatic heterocycles. The van der Waals surface area contributed by atoms with Crippen LogP contribution in [0.25, 0.3) is 0 Å². The van der Waals surface area contributed by atoms with Gasteiger partial charge in [0, 0.05) is 18.3 Å². The molecule has 0 aromatic carbocycles. The molecule has 0 unspecified atom stereocenters. The van der Waals surface area contributed by atoms with E-state index in [2.05, 4.69) is 31.3 Å². The monoisotopic (exact) mass is 286 g/mol. The minimum atomic E-state index is -0.370. The normalized spacial score (nSPS) is 11.3. The Balaban J connectivity index is 2.64. The molecule has 0 radical (unpaired) electrons. The molecule has 0 saturated heterocycles. The summed E-state index contributed by atoms with van der Waals surface area (Å²) in [5.41, 5.74) is 8.21. The predicted molar refractivity (Wildman–Crippen MR) is 62.3 cm³/mol. The van der Waals surface area contributed by atoms with Gasteiger partial charge in [-0.15, -0.1) is 0 Å². The van der Waals surface area contributed by atoms with Crippen LogP contribution in [0, 0.1) is 11.3 Å². The summed E-state index contributed by atoms with van der Waals surface area (Å²) in [6, 6.07) is 1.40. The van der Waals surface area contributed by atoms with E-state index in [4.69, 9.17) is 5.53 Å². The highest BCUT2D eigenvalue weighted by atomic mass is 79.9. The predicted octanol–water partition coefficient (Wildman–Crippen LogP) is 3.36. The van der Waals surface area contributed by atoms with Crippen molar-refractivity contribution >= 4 is 15.9 Å². The quantitative estimate of drug-likeness (QED) is 0.644. The zero-order valence-corrected chi connectivity index (χ0v) is 10.4. The number of rotatable bonds is 5. The highest BCUT2D eigenvalue weighted by Crippen LogP contribution is 2.14. The van der Waals surface area contributed by atoms with Gasteiger partial charge in [0.25, 0.3) is 0 Å². The SMILES string of the molecule is CC/C(=C/NCc1cc(F)cnc1Br)N=N. The summed E-state index contributed by atoms with van der Waals surface area (Å²) >= 11 is 3.23. The second-order valence-electron chi connectivity index (χ2n) is 3.09.